The van der Waals surface area contributed by atoms with Crippen LogP contribution in [0.3, 0.4) is 0 Å². The van der Waals surface area contributed by atoms with E-state index in [9.17, 15) is 10.0 Å². The number of hydrogen-bond acceptors (Lipinski definition) is 4. The van der Waals surface area contributed by atoms with Crippen LogP contribution in [0.4, 0.5) is 0 Å². The minimum Gasteiger partial charge on any atom is -0.619 e. The van der Waals surface area contributed by atoms with E-state index in [1.54, 1.807) is 26.4 Å². The van der Waals surface area contributed by atoms with Crippen LogP contribution in [0, 0.1) is 5.21 Å². The molecule has 1 aliphatic carbocycles. The lowest BCUT2D eigenvalue weighted by Crippen LogP contribution is -2.33. The Hall–Kier alpha value is -2.76. The number of aromatic nitrogens is 1. The molecule has 0 bridgehead atoms. The molecule has 6 heteroatoms. The van der Waals surface area contributed by atoms with E-state index < -0.39 is 0 Å². The van der Waals surface area contributed by atoms with Gasteiger partial charge in [-0.2, -0.15) is 4.73 Å². The molecule has 0 unspecified atom stereocenters. The number of amides is 1. The number of benzene rings is 1. The standard InChI is InChI=1S/C18H20N2O4/c1-23-16-5-6-17(24-2)14(11-16)12-20(15-3-4-15)18(21)13-7-9-19(22)10-8-13/h5-11,15H,3-4,12H2,1-2H3. The Labute approximate surface area is 140 Å². The van der Waals surface area contributed by atoms with Gasteiger partial charge in [0, 0.05) is 23.7 Å². The fourth-order valence-corrected chi connectivity index (χ4v) is 2.66. The van der Waals surface area contributed by atoms with Crippen LogP contribution >= 0.6 is 0 Å². The van der Waals surface area contributed by atoms with Gasteiger partial charge in [-0.15, -0.1) is 0 Å². The van der Waals surface area contributed by atoms with Gasteiger partial charge in [0.25, 0.3) is 5.91 Å². The van der Waals surface area contributed by atoms with Gasteiger partial charge in [0.1, 0.15) is 11.5 Å². The quantitative estimate of drug-likeness (QED) is 0.602. The van der Waals surface area contributed by atoms with Crippen molar-refractivity contribution in [2.45, 2.75) is 25.4 Å². The number of nitrogens with zero attached hydrogens (tertiary/aromatic N) is 2. The topological polar surface area (TPSA) is 65.7 Å². The molecule has 1 heterocycles. The summed E-state index contributed by atoms with van der Waals surface area (Å²) in [5, 5.41) is 11.2. The second kappa shape index (κ2) is 6.78. The average Bonchev–Trinajstić information content (AvgIpc) is 3.44. The first-order chi connectivity index (χ1) is 11.6. The first kappa shape index (κ1) is 16.1. The average molecular weight is 328 g/mol. The van der Waals surface area contributed by atoms with E-state index in [4.69, 9.17) is 9.47 Å². The van der Waals surface area contributed by atoms with Gasteiger partial charge >= 0.3 is 0 Å². The SMILES string of the molecule is COc1ccc(OC)c(CN(C(=O)c2cc[n+]([O-])cc2)C2CC2)c1. The van der Waals surface area contributed by atoms with Crippen LogP contribution in [0.25, 0.3) is 0 Å². The Kier molecular flexibility index (Phi) is 4.55. The van der Waals surface area contributed by atoms with Crippen molar-refractivity contribution in [1.82, 2.24) is 4.90 Å². The van der Waals surface area contributed by atoms with Gasteiger partial charge in [-0.05, 0) is 31.0 Å². The fraction of sp³-hybridized carbons (Fsp3) is 0.333. The van der Waals surface area contributed by atoms with E-state index >= 15 is 0 Å². The summed E-state index contributed by atoms with van der Waals surface area (Å²) >= 11 is 0. The number of methoxy groups -OCH3 is 2. The van der Waals surface area contributed by atoms with Crippen LogP contribution < -0.4 is 14.2 Å². The highest BCUT2D eigenvalue weighted by molar-refractivity contribution is 5.94. The van der Waals surface area contributed by atoms with Crippen molar-refractivity contribution in [3.63, 3.8) is 0 Å². The Morgan fingerprint density at radius 1 is 1.21 bits per heavy atom. The van der Waals surface area contributed by atoms with Crippen LogP contribution in [-0.2, 0) is 6.54 Å². The molecule has 0 spiro atoms. The highest BCUT2D eigenvalue weighted by Gasteiger charge is 2.33. The molecule has 1 saturated carbocycles. The third-order valence-electron chi connectivity index (χ3n) is 4.13. The molecule has 1 aromatic heterocycles. The first-order valence-electron chi connectivity index (χ1n) is 7.83. The smallest absolute Gasteiger partial charge is 0.254 e. The molecule has 1 aliphatic rings. The molecule has 126 valence electrons. The van der Waals surface area contributed by atoms with Crippen LogP contribution in [0.5, 0.6) is 11.5 Å². The molecule has 0 radical (unpaired) electrons. The number of rotatable bonds is 6. The van der Waals surface area contributed by atoms with E-state index in [0.29, 0.717) is 16.8 Å². The van der Waals surface area contributed by atoms with Crippen LogP contribution in [-0.4, -0.2) is 31.1 Å². The highest BCUT2D eigenvalue weighted by atomic mass is 16.5. The molecule has 2 aromatic rings. The van der Waals surface area contributed by atoms with Gasteiger partial charge in [-0.3, -0.25) is 4.79 Å². The van der Waals surface area contributed by atoms with Gasteiger partial charge in [-0.1, -0.05) is 0 Å². The number of carbonyl (C=O) groups excluding carboxylic acids is 1. The molecular formula is C18H20N2O4. The van der Waals surface area contributed by atoms with Crippen molar-refractivity contribution in [1.29, 1.82) is 0 Å². The Bertz CT molecular complexity index is 726. The Morgan fingerprint density at radius 3 is 2.50 bits per heavy atom. The summed E-state index contributed by atoms with van der Waals surface area (Å²) in [5.41, 5.74) is 1.41. The van der Waals surface area contributed by atoms with Gasteiger partial charge in [0.15, 0.2) is 12.4 Å². The summed E-state index contributed by atoms with van der Waals surface area (Å²) in [5.74, 6) is 1.36. The Morgan fingerprint density at radius 2 is 1.92 bits per heavy atom. The summed E-state index contributed by atoms with van der Waals surface area (Å²) in [6, 6.07) is 8.88. The molecule has 0 aliphatic heterocycles. The zero-order valence-corrected chi connectivity index (χ0v) is 13.8. The molecular weight excluding hydrogens is 308 g/mol. The summed E-state index contributed by atoms with van der Waals surface area (Å²) in [6.45, 7) is 0.441. The van der Waals surface area contributed by atoms with Crippen molar-refractivity contribution in [3.05, 3.63) is 59.1 Å². The third kappa shape index (κ3) is 3.42. The molecule has 0 atom stereocenters. The molecule has 0 saturated heterocycles. The van der Waals surface area contributed by atoms with E-state index in [0.717, 1.165) is 29.9 Å². The molecule has 24 heavy (non-hydrogen) atoms. The third-order valence-corrected chi connectivity index (χ3v) is 4.13. The number of ether oxygens (including phenoxy) is 2. The largest absolute Gasteiger partial charge is 0.619 e. The van der Waals surface area contributed by atoms with E-state index in [-0.39, 0.29) is 11.9 Å². The first-order valence-corrected chi connectivity index (χ1v) is 7.83. The van der Waals surface area contributed by atoms with Crippen molar-refractivity contribution >= 4 is 5.91 Å². The van der Waals surface area contributed by atoms with Gasteiger partial charge < -0.3 is 19.6 Å². The van der Waals surface area contributed by atoms with Crippen LogP contribution in [0.2, 0.25) is 0 Å². The molecule has 6 nitrogen and oxygen atoms in total. The molecule has 0 N–H and O–H groups in total. The lowest BCUT2D eigenvalue weighted by Gasteiger charge is -2.24. The predicted octanol–water partition coefficient (Wildman–Crippen LogP) is 2.14. The van der Waals surface area contributed by atoms with E-state index in [2.05, 4.69) is 0 Å². The minimum absolute atomic E-state index is 0.0806. The summed E-state index contributed by atoms with van der Waals surface area (Å²) in [6.07, 6.45) is 4.66. The van der Waals surface area contributed by atoms with Crippen molar-refractivity contribution in [3.8, 4) is 11.5 Å². The van der Waals surface area contributed by atoms with Gasteiger partial charge in [0.05, 0.1) is 26.3 Å². The number of hydrogen-bond donors (Lipinski definition) is 0. The summed E-state index contributed by atoms with van der Waals surface area (Å²) < 4.78 is 11.4. The minimum atomic E-state index is -0.0806. The maximum Gasteiger partial charge on any atom is 0.254 e. The maximum atomic E-state index is 12.8. The second-order valence-corrected chi connectivity index (χ2v) is 5.79. The summed E-state index contributed by atoms with van der Waals surface area (Å²) in [7, 11) is 3.22. The summed E-state index contributed by atoms with van der Waals surface area (Å²) in [4.78, 5) is 14.7. The highest BCUT2D eigenvalue weighted by Crippen LogP contribution is 2.32. The maximum absolute atomic E-state index is 12.8. The van der Waals surface area contributed by atoms with Crippen LogP contribution in [0.15, 0.2) is 42.7 Å². The van der Waals surface area contributed by atoms with Crippen molar-refractivity contribution in [2.24, 2.45) is 0 Å². The van der Waals surface area contributed by atoms with Crippen molar-refractivity contribution < 1.29 is 19.0 Å². The normalized spacial score (nSPS) is 13.4. The number of carbonyl (C=O) groups is 1. The molecule has 1 aromatic carbocycles. The van der Waals surface area contributed by atoms with Crippen LogP contribution in [0.1, 0.15) is 28.8 Å². The monoisotopic (exact) mass is 328 g/mol. The Balaban J connectivity index is 1.87. The van der Waals surface area contributed by atoms with E-state index in [1.807, 2.05) is 23.1 Å². The van der Waals surface area contributed by atoms with Crippen molar-refractivity contribution in [2.75, 3.05) is 14.2 Å². The fourth-order valence-electron chi connectivity index (χ4n) is 2.66. The predicted molar refractivity (Wildman–Crippen MR) is 87.8 cm³/mol. The van der Waals surface area contributed by atoms with E-state index in [1.165, 1.54) is 12.4 Å². The zero-order chi connectivity index (χ0) is 17.1. The second-order valence-electron chi connectivity index (χ2n) is 5.79. The molecule has 1 amide bonds. The zero-order valence-electron chi connectivity index (χ0n) is 13.8. The molecule has 3 rings (SSSR count). The van der Waals surface area contributed by atoms with Gasteiger partial charge in [-0.25, -0.2) is 0 Å². The molecule has 1 fully saturated rings. The van der Waals surface area contributed by atoms with Gasteiger partial charge in [0.2, 0.25) is 0 Å². The lowest BCUT2D eigenvalue weighted by atomic mass is 10.1. The lowest BCUT2D eigenvalue weighted by molar-refractivity contribution is -0.605. The number of pyridine rings is 1.